The van der Waals surface area contributed by atoms with Crippen molar-refractivity contribution in [3.8, 4) is 0 Å². The fraction of sp³-hybridized carbons (Fsp3) is 0.174. The third kappa shape index (κ3) is 5.42. The number of hydrogen-bond donors (Lipinski definition) is 2. The van der Waals surface area contributed by atoms with E-state index in [0.717, 1.165) is 16.3 Å². The molecule has 0 bridgehead atoms. The fourth-order valence-electron chi connectivity index (χ4n) is 2.76. The molecule has 3 aromatic rings. The topological polar surface area (TPSA) is 84.5 Å². The number of carbonyl (C=O) groups is 3. The van der Waals surface area contributed by atoms with Crippen LogP contribution in [-0.2, 0) is 14.3 Å². The van der Waals surface area contributed by atoms with Gasteiger partial charge in [-0.05, 0) is 48.9 Å². The zero-order chi connectivity index (χ0) is 20.8. The van der Waals surface area contributed by atoms with Gasteiger partial charge >= 0.3 is 5.97 Å². The number of aryl methyl sites for hydroxylation is 1. The van der Waals surface area contributed by atoms with Gasteiger partial charge in [0.2, 0.25) is 0 Å². The highest BCUT2D eigenvalue weighted by Gasteiger charge is 2.18. The van der Waals surface area contributed by atoms with E-state index in [9.17, 15) is 14.4 Å². The summed E-state index contributed by atoms with van der Waals surface area (Å²) < 4.78 is 5.11. The summed E-state index contributed by atoms with van der Waals surface area (Å²) in [5.74, 6) is -1.51. The summed E-state index contributed by atoms with van der Waals surface area (Å²) in [4.78, 5) is 36.3. The number of esters is 1. The molecule has 3 rings (SSSR count). The number of nitrogens with one attached hydrogen (secondary N) is 2. The molecule has 1 atom stereocenters. The third-order valence-corrected chi connectivity index (χ3v) is 4.40. The Kier molecular flexibility index (Phi) is 6.24. The van der Waals surface area contributed by atoms with E-state index in [4.69, 9.17) is 4.74 Å². The summed E-state index contributed by atoms with van der Waals surface area (Å²) in [5.41, 5.74) is 2.10. The molecule has 0 aliphatic heterocycles. The Balaban J connectivity index is 1.49. The summed E-state index contributed by atoms with van der Waals surface area (Å²) in [7, 11) is 0. The van der Waals surface area contributed by atoms with Gasteiger partial charge in [-0.1, -0.05) is 48.0 Å². The molecule has 0 radical (unpaired) electrons. The Morgan fingerprint density at radius 1 is 0.931 bits per heavy atom. The normalized spacial score (nSPS) is 11.5. The van der Waals surface area contributed by atoms with Crippen molar-refractivity contribution in [3.63, 3.8) is 0 Å². The van der Waals surface area contributed by atoms with E-state index in [1.165, 1.54) is 6.92 Å². The predicted octanol–water partition coefficient (Wildman–Crippen LogP) is 3.45. The van der Waals surface area contributed by atoms with E-state index in [0.29, 0.717) is 11.3 Å². The van der Waals surface area contributed by atoms with Crippen LogP contribution in [0.25, 0.3) is 10.8 Å². The Bertz CT molecular complexity index is 1040. The number of rotatable bonds is 6. The molecule has 2 amide bonds. The molecule has 6 nitrogen and oxygen atoms in total. The summed E-state index contributed by atoms with van der Waals surface area (Å²) in [5, 5.41) is 7.28. The van der Waals surface area contributed by atoms with Crippen molar-refractivity contribution in [1.29, 1.82) is 0 Å². The fourth-order valence-corrected chi connectivity index (χ4v) is 2.76. The van der Waals surface area contributed by atoms with Gasteiger partial charge in [0.1, 0.15) is 6.54 Å². The molecule has 0 fully saturated rings. The third-order valence-electron chi connectivity index (χ3n) is 4.40. The van der Waals surface area contributed by atoms with Gasteiger partial charge in [0.25, 0.3) is 11.8 Å². The van der Waals surface area contributed by atoms with Crippen LogP contribution < -0.4 is 10.6 Å². The van der Waals surface area contributed by atoms with Crippen molar-refractivity contribution < 1.29 is 19.1 Å². The maximum atomic E-state index is 12.3. The van der Waals surface area contributed by atoms with Crippen molar-refractivity contribution in [1.82, 2.24) is 5.32 Å². The van der Waals surface area contributed by atoms with E-state index in [1.807, 2.05) is 55.5 Å². The van der Waals surface area contributed by atoms with Crippen LogP contribution in [0.5, 0.6) is 0 Å². The van der Waals surface area contributed by atoms with Crippen LogP contribution >= 0.6 is 0 Å². The number of hydrogen-bond acceptors (Lipinski definition) is 4. The van der Waals surface area contributed by atoms with Gasteiger partial charge in [-0.2, -0.15) is 0 Å². The molecule has 148 valence electrons. The molecule has 6 heteroatoms. The highest BCUT2D eigenvalue weighted by atomic mass is 16.5. The van der Waals surface area contributed by atoms with Crippen LogP contribution in [0.2, 0.25) is 0 Å². The zero-order valence-electron chi connectivity index (χ0n) is 16.3. The van der Waals surface area contributed by atoms with Crippen molar-refractivity contribution in [3.05, 3.63) is 77.9 Å². The van der Waals surface area contributed by atoms with Crippen LogP contribution in [0, 0.1) is 6.92 Å². The second-order valence-corrected chi connectivity index (χ2v) is 6.73. The van der Waals surface area contributed by atoms with E-state index in [-0.39, 0.29) is 12.5 Å². The molecule has 2 N–H and O–H groups in total. The smallest absolute Gasteiger partial charge is 0.326 e. The lowest BCUT2D eigenvalue weighted by molar-refractivity contribution is -0.152. The van der Waals surface area contributed by atoms with Crippen LogP contribution in [0.15, 0.2) is 66.7 Å². The van der Waals surface area contributed by atoms with Crippen molar-refractivity contribution in [2.75, 3.05) is 11.9 Å². The number of amides is 2. The number of ether oxygens (including phenoxy) is 1. The maximum Gasteiger partial charge on any atom is 0.326 e. The highest BCUT2D eigenvalue weighted by molar-refractivity contribution is 5.98. The van der Waals surface area contributed by atoms with E-state index in [1.54, 1.807) is 18.2 Å². The molecule has 1 unspecified atom stereocenters. The Morgan fingerprint density at radius 2 is 1.62 bits per heavy atom. The SMILES string of the molecule is Cc1ccc(C(=O)NCC(=O)OC(C)C(=O)Nc2ccc3ccccc3c2)cc1. The van der Waals surface area contributed by atoms with Gasteiger partial charge in [-0.25, -0.2) is 0 Å². The zero-order valence-corrected chi connectivity index (χ0v) is 16.3. The molecule has 0 aliphatic carbocycles. The Morgan fingerprint density at radius 3 is 2.34 bits per heavy atom. The molecule has 0 saturated heterocycles. The molecule has 0 spiro atoms. The molecular formula is C23H22N2O4. The number of benzene rings is 3. The van der Waals surface area contributed by atoms with Gasteiger partial charge in [0.05, 0.1) is 0 Å². The number of carbonyl (C=O) groups excluding carboxylic acids is 3. The first kappa shape index (κ1) is 20.1. The first-order valence-corrected chi connectivity index (χ1v) is 9.26. The van der Waals surface area contributed by atoms with Gasteiger partial charge in [0.15, 0.2) is 6.10 Å². The van der Waals surface area contributed by atoms with E-state index in [2.05, 4.69) is 10.6 Å². The molecular weight excluding hydrogens is 368 g/mol. The minimum Gasteiger partial charge on any atom is -0.451 e. The van der Waals surface area contributed by atoms with Gasteiger partial charge in [-0.3, -0.25) is 14.4 Å². The molecule has 0 saturated carbocycles. The van der Waals surface area contributed by atoms with E-state index < -0.39 is 18.0 Å². The molecule has 0 heterocycles. The lowest BCUT2D eigenvalue weighted by atomic mass is 10.1. The summed E-state index contributed by atoms with van der Waals surface area (Å²) in [6, 6.07) is 20.3. The summed E-state index contributed by atoms with van der Waals surface area (Å²) >= 11 is 0. The molecule has 0 aliphatic rings. The standard InChI is InChI=1S/C23H22N2O4/c1-15-7-9-18(10-8-15)23(28)24-14-21(26)29-16(2)22(27)25-20-12-11-17-5-3-4-6-19(17)13-20/h3-13,16H,14H2,1-2H3,(H,24,28)(H,25,27). The summed E-state index contributed by atoms with van der Waals surface area (Å²) in [6.45, 7) is 3.08. The lowest BCUT2D eigenvalue weighted by Gasteiger charge is -2.14. The van der Waals surface area contributed by atoms with Crippen molar-refractivity contribution in [2.45, 2.75) is 20.0 Å². The number of anilines is 1. The average Bonchev–Trinajstić information content (AvgIpc) is 2.72. The Hall–Kier alpha value is -3.67. The van der Waals surface area contributed by atoms with E-state index >= 15 is 0 Å². The first-order chi connectivity index (χ1) is 13.9. The van der Waals surface area contributed by atoms with Gasteiger partial charge in [0, 0.05) is 11.3 Å². The molecule has 0 aromatic heterocycles. The molecule has 3 aromatic carbocycles. The largest absolute Gasteiger partial charge is 0.451 e. The van der Waals surface area contributed by atoms with Gasteiger partial charge < -0.3 is 15.4 Å². The first-order valence-electron chi connectivity index (χ1n) is 9.26. The highest BCUT2D eigenvalue weighted by Crippen LogP contribution is 2.19. The summed E-state index contributed by atoms with van der Waals surface area (Å²) in [6.07, 6.45) is -0.995. The second kappa shape index (κ2) is 9.01. The van der Waals surface area contributed by atoms with Crippen molar-refractivity contribution >= 4 is 34.2 Å². The van der Waals surface area contributed by atoms with Crippen LogP contribution in [-0.4, -0.2) is 30.4 Å². The quantitative estimate of drug-likeness (QED) is 0.632. The van der Waals surface area contributed by atoms with Crippen LogP contribution in [0.1, 0.15) is 22.8 Å². The monoisotopic (exact) mass is 390 g/mol. The van der Waals surface area contributed by atoms with Crippen LogP contribution in [0.3, 0.4) is 0 Å². The lowest BCUT2D eigenvalue weighted by Crippen LogP contribution is -2.35. The minimum absolute atomic E-state index is 0.319. The van der Waals surface area contributed by atoms with Gasteiger partial charge in [-0.15, -0.1) is 0 Å². The molecule has 29 heavy (non-hydrogen) atoms. The minimum atomic E-state index is -0.995. The van der Waals surface area contributed by atoms with Crippen LogP contribution in [0.4, 0.5) is 5.69 Å². The Labute approximate surface area is 168 Å². The van der Waals surface area contributed by atoms with Crippen molar-refractivity contribution in [2.24, 2.45) is 0 Å². The number of fused-ring (bicyclic) bond motifs is 1. The maximum absolute atomic E-state index is 12.3. The second-order valence-electron chi connectivity index (χ2n) is 6.73. The average molecular weight is 390 g/mol. The predicted molar refractivity (Wildman–Crippen MR) is 112 cm³/mol.